The maximum absolute atomic E-state index is 11.5. The van der Waals surface area contributed by atoms with E-state index in [1.807, 2.05) is 36.4 Å². The molecule has 0 aliphatic rings. The summed E-state index contributed by atoms with van der Waals surface area (Å²) >= 11 is 13.5. The molecule has 1 atom stereocenters. The number of hydrogen-bond donors (Lipinski definition) is 0. The van der Waals surface area contributed by atoms with E-state index in [-0.39, 0.29) is 11.1 Å². The van der Waals surface area contributed by atoms with E-state index in [0.717, 1.165) is 25.6 Å². The van der Waals surface area contributed by atoms with Crippen LogP contribution in [0.25, 0.3) is 11.1 Å². The number of hydrogen-bond acceptors (Lipinski definition) is 2. The molecule has 1 aromatic heterocycles. The van der Waals surface area contributed by atoms with Gasteiger partial charge in [0.25, 0.3) is 0 Å². The van der Waals surface area contributed by atoms with Gasteiger partial charge in [0.1, 0.15) is 0 Å². The first-order chi connectivity index (χ1) is 9.95. The van der Waals surface area contributed by atoms with Gasteiger partial charge in [-0.1, -0.05) is 37.9 Å². The minimum absolute atomic E-state index is 0.325. The molecule has 3 rings (SSSR count). The molecule has 0 aliphatic carbocycles. The molecule has 3 nitrogen and oxygen atoms in total. The lowest BCUT2D eigenvalue weighted by molar-refractivity contribution is 0.528. The summed E-state index contributed by atoms with van der Waals surface area (Å²) in [7, 11) is 1.68. The molecule has 6 heteroatoms. The Balaban J connectivity index is 2.08. The lowest BCUT2D eigenvalue weighted by Gasteiger charge is -2.11. The predicted octanol–water partition coefficient (Wildman–Crippen LogP) is 4.98. The van der Waals surface area contributed by atoms with Gasteiger partial charge >= 0.3 is 5.76 Å². The van der Waals surface area contributed by atoms with Crippen LogP contribution in [-0.4, -0.2) is 4.57 Å². The number of alkyl halides is 1. The summed E-state index contributed by atoms with van der Waals surface area (Å²) in [6.45, 7) is 0. The third-order valence-electron chi connectivity index (χ3n) is 3.29. The standard InChI is InChI=1S/C15H10Br2ClNO2/c1-19-12-3-2-8(6-13(12)21-15(19)20)14(18)9-4-10(16)7-11(17)5-9/h2-7,14H,1H3. The van der Waals surface area contributed by atoms with Crippen molar-refractivity contribution in [1.82, 2.24) is 4.57 Å². The fraction of sp³-hybridized carbons (Fsp3) is 0.133. The number of oxazole rings is 1. The van der Waals surface area contributed by atoms with Crippen LogP contribution in [0.2, 0.25) is 0 Å². The Labute approximate surface area is 142 Å². The quantitative estimate of drug-likeness (QED) is 0.536. The number of fused-ring (bicyclic) bond motifs is 1. The summed E-state index contributed by atoms with van der Waals surface area (Å²) in [5.41, 5.74) is 3.13. The van der Waals surface area contributed by atoms with Crippen LogP contribution in [-0.2, 0) is 7.05 Å². The van der Waals surface area contributed by atoms with Crippen LogP contribution in [0.15, 0.2) is 54.6 Å². The second-order valence-electron chi connectivity index (χ2n) is 4.72. The largest absolute Gasteiger partial charge is 0.419 e. The van der Waals surface area contributed by atoms with Crippen molar-refractivity contribution in [3.05, 3.63) is 67.0 Å². The SMILES string of the molecule is Cn1c(=O)oc2cc(C(Cl)c3cc(Br)cc(Br)c3)ccc21. The molecular formula is C15H10Br2ClNO2. The van der Waals surface area contributed by atoms with Crippen LogP contribution in [0.3, 0.4) is 0 Å². The van der Waals surface area contributed by atoms with Crippen LogP contribution in [0.5, 0.6) is 0 Å². The first-order valence-corrected chi connectivity index (χ1v) is 8.17. The molecule has 0 aliphatic heterocycles. The summed E-state index contributed by atoms with van der Waals surface area (Å²) in [6, 6.07) is 11.4. The van der Waals surface area contributed by atoms with E-state index in [0.29, 0.717) is 5.58 Å². The van der Waals surface area contributed by atoms with Crippen molar-refractivity contribution in [1.29, 1.82) is 0 Å². The maximum atomic E-state index is 11.5. The Morgan fingerprint density at radius 2 is 1.76 bits per heavy atom. The average molecular weight is 432 g/mol. The van der Waals surface area contributed by atoms with E-state index < -0.39 is 0 Å². The smallest absolute Gasteiger partial charge is 0.408 e. The Morgan fingerprint density at radius 3 is 2.43 bits per heavy atom. The predicted molar refractivity (Wildman–Crippen MR) is 91.0 cm³/mol. The van der Waals surface area contributed by atoms with E-state index in [1.54, 1.807) is 7.05 Å². The van der Waals surface area contributed by atoms with Crippen molar-refractivity contribution in [2.45, 2.75) is 5.38 Å². The van der Waals surface area contributed by atoms with Gasteiger partial charge in [-0.15, -0.1) is 11.6 Å². The molecule has 1 unspecified atom stereocenters. The zero-order chi connectivity index (χ0) is 15.1. The van der Waals surface area contributed by atoms with Gasteiger partial charge in [0.05, 0.1) is 10.9 Å². The average Bonchev–Trinajstić information content (AvgIpc) is 2.71. The van der Waals surface area contributed by atoms with Crippen molar-refractivity contribution in [3.63, 3.8) is 0 Å². The van der Waals surface area contributed by atoms with Crippen LogP contribution >= 0.6 is 43.5 Å². The topological polar surface area (TPSA) is 35.1 Å². The molecule has 0 N–H and O–H groups in total. The molecule has 108 valence electrons. The third-order valence-corrected chi connectivity index (χ3v) is 4.71. The minimum atomic E-state index is -0.376. The highest BCUT2D eigenvalue weighted by Gasteiger charge is 2.15. The highest BCUT2D eigenvalue weighted by Crippen LogP contribution is 2.33. The number of rotatable bonds is 2. The molecule has 21 heavy (non-hydrogen) atoms. The molecule has 0 amide bonds. The van der Waals surface area contributed by atoms with Crippen molar-refractivity contribution in [2.24, 2.45) is 7.05 Å². The maximum Gasteiger partial charge on any atom is 0.419 e. The summed E-state index contributed by atoms with van der Waals surface area (Å²) in [4.78, 5) is 11.5. The fourth-order valence-electron chi connectivity index (χ4n) is 2.22. The molecule has 0 fully saturated rings. The van der Waals surface area contributed by atoms with E-state index in [1.165, 1.54) is 4.57 Å². The zero-order valence-electron chi connectivity index (χ0n) is 10.9. The van der Waals surface area contributed by atoms with Gasteiger partial charge in [-0.25, -0.2) is 4.79 Å². The molecular weight excluding hydrogens is 421 g/mol. The first kappa shape index (κ1) is 14.9. The summed E-state index contributed by atoms with van der Waals surface area (Å²) in [5.74, 6) is -0.376. The lowest BCUT2D eigenvalue weighted by Crippen LogP contribution is -2.08. The summed E-state index contributed by atoms with van der Waals surface area (Å²) in [6.07, 6.45) is 0. The molecule has 1 heterocycles. The van der Waals surface area contributed by atoms with E-state index in [4.69, 9.17) is 16.0 Å². The van der Waals surface area contributed by atoms with E-state index in [9.17, 15) is 4.79 Å². The monoisotopic (exact) mass is 429 g/mol. The van der Waals surface area contributed by atoms with Gasteiger partial charge in [-0.2, -0.15) is 0 Å². The van der Waals surface area contributed by atoms with Crippen molar-refractivity contribution in [3.8, 4) is 0 Å². The highest BCUT2D eigenvalue weighted by molar-refractivity contribution is 9.11. The number of nitrogens with zero attached hydrogens (tertiary/aromatic N) is 1. The zero-order valence-corrected chi connectivity index (χ0v) is 14.9. The number of aryl methyl sites for hydroxylation is 1. The molecule has 0 saturated heterocycles. The highest BCUT2D eigenvalue weighted by atomic mass is 79.9. The van der Waals surface area contributed by atoms with Gasteiger partial charge in [0, 0.05) is 16.0 Å². The van der Waals surface area contributed by atoms with E-state index >= 15 is 0 Å². The second kappa shape index (κ2) is 5.63. The lowest BCUT2D eigenvalue weighted by atomic mass is 10.0. The summed E-state index contributed by atoms with van der Waals surface area (Å²) < 4.78 is 8.57. The van der Waals surface area contributed by atoms with Gasteiger partial charge in [0.2, 0.25) is 0 Å². The molecule has 0 saturated carbocycles. The third kappa shape index (κ3) is 2.82. The van der Waals surface area contributed by atoms with E-state index in [2.05, 4.69) is 31.9 Å². The first-order valence-electron chi connectivity index (χ1n) is 6.15. The number of halogens is 3. The van der Waals surface area contributed by atoms with Gasteiger partial charge in [-0.3, -0.25) is 4.57 Å². The van der Waals surface area contributed by atoms with Crippen LogP contribution < -0.4 is 5.76 Å². The normalized spacial score (nSPS) is 12.8. The molecule has 0 spiro atoms. The molecule has 0 radical (unpaired) electrons. The minimum Gasteiger partial charge on any atom is -0.408 e. The Morgan fingerprint density at radius 1 is 1.10 bits per heavy atom. The number of aromatic nitrogens is 1. The molecule has 0 bridgehead atoms. The van der Waals surface area contributed by atoms with Crippen LogP contribution in [0, 0.1) is 0 Å². The van der Waals surface area contributed by atoms with Gasteiger partial charge in [0.15, 0.2) is 5.58 Å². The molecule has 3 aromatic rings. The summed E-state index contributed by atoms with van der Waals surface area (Å²) in [5, 5.41) is -0.325. The second-order valence-corrected chi connectivity index (χ2v) is 6.99. The Bertz CT molecular complexity index is 865. The van der Waals surface area contributed by atoms with Gasteiger partial charge in [-0.05, 0) is 41.5 Å². The van der Waals surface area contributed by atoms with Crippen LogP contribution in [0.4, 0.5) is 0 Å². The van der Waals surface area contributed by atoms with Gasteiger partial charge < -0.3 is 4.42 Å². The Kier molecular flexibility index (Phi) is 3.99. The van der Waals surface area contributed by atoms with Crippen molar-refractivity contribution in [2.75, 3.05) is 0 Å². The Hall–Kier alpha value is -1.04. The van der Waals surface area contributed by atoms with Crippen molar-refractivity contribution >= 4 is 54.6 Å². The number of benzene rings is 2. The molecule has 2 aromatic carbocycles. The fourth-order valence-corrected chi connectivity index (χ4v) is 3.81. The van der Waals surface area contributed by atoms with Crippen LogP contribution in [0.1, 0.15) is 16.5 Å². The van der Waals surface area contributed by atoms with Crippen molar-refractivity contribution < 1.29 is 4.42 Å².